The average Bonchev–Trinajstić information content (AvgIpc) is 3.24. The van der Waals surface area contributed by atoms with E-state index in [4.69, 9.17) is 14.2 Å². The Morgan fingerprint density at radius 3 is 2.65 bits per heavy atom. The van der Waals surface area contributed by atoms with Crippen molar-refractivity contribution < 1.29 is 23.9 Å². The van der Waals surface area contributed by atoms with Crippen LogP contribution in [0.4, 0.5) is 0 Å². The molecule has 0 amide bonds. The highest BCUT2D eigenvalue weighted by atomic mass is 16.5. The van der Waals surface area contributed by atoms with Crippen LogP contribution < -0.4 is 14.0 Å². The molecule has 3 rings (SSSR count). The summed E-state index contributed by atoms with van der Waals surface area (Å²) in [6.07, 6.45) is 6.85. The zero-order valence-corrected chi connectivity index (χ0v) is 18.2. The summed E-state index contributed by atoms with van der Waals surface area (Å²) in [5, 5.41) is 10.6. The summed E-state index contributed by atoms with van der Waals surface area (Å²) in [4.78, 5) is 0. The quantitative estimate of drug-likeness (QED) is 0.355. The second-order valence-electron chi connectivity index (χ2n) is 7.18. The molecule has 2 atom stereocenters. The van der Waals surface area contributed by atoms with Crippen LogP contribution in [0, 0.1) is 0 Å². The van der Waals surface area contributed by atoms with Gasteiger partial charge >= 0.3 is 0 Å². The van der Waals surface area contributed by atoms with E-state index in [1.54, 1.807) is 13.2 Å². The van der Waals surface area contributed by atoms with Gasteiger partial charge in [-0.05, 0) is 30.7 Å². The molecule has 0 saturated carbocycles. The van der Waals surface area contributed by atoms with Crippen molar-refractivity contribution in [2.24, 2.45) is 0 Å². The van der Waals surface area contributed by atoms with E-state index in [0.29, 0.717) is 26.3 Å². The number of hydrogen-bond donors (Lipinski definition) is 1. The molecule has 0 saturated heterocycles. The lowest BCUT2D eigenvalue weighted by Gasteiger charge is -2.19. The molecule has 3 aromatic rings. The Morgan fingerprint density at radius 2 is 1.94 bits per heavy atom. The lowest BCUT2D eigenvalue weighted by atomic mass is 10.1. The number of para-hydroxylation sites is 1. The van der Waals surface area contributed by atoms with Crippen LogP contribution in [-0.2, 0) is 17.8 Å². The molecule has 1 heterocycles. The number of ether oxygens (including phenoxy) is 3. The summed E-state index contributed by atoms with van der Waals surface area (Å²) in [5.41, 5.74) is 1.85. The molecule has 0 spiro atoms. The molecule has 0 bridgehead atoms. The van der Waals surface area contributed by atoms with E-state index in [1.807, 2.05) is 78.7 Å². The third-order valence-electron chi connectivity index (χ3n) is 4.99. The third-order valence-corrected chi connectivity index (χ3v) is 4.99. The van der Waals surface area contributed by atoms with Gasteiger partial charge in [0, 0.05) is 5.56 Å². The Kier molecular flexibility index (Phi) is 8.27. The van der Waals surface area contributed by atoms with Gasteiger partial charge < -0.3 is 19.3 Å². The van der Waals surface area contributed by atoms with Gasteiger partial charge in [-0.25, -0.2) is 9.13 Å². The number of rotatable bonds is 12. The molecule has 164 valence electrons. The second kappa shape index (κ2) is 11.3. The number of hydrogen-bond acceptors (Lipinski definition) is 4. The van der Waals surface area contributed by atoms with Crippen molar-refractivity contribution in [1.82, 2.24) is 4.57 Å². The van der Waals surface area contributed by atoms with E-state index in [0.717, 1.165) is 22.6 Å². The SMILES string of the molecule is C=CCOC(Cn1cc[n+](CC(O)c2ccc(OC)cc2)c1)c1ccccc1OCC. The molecule has 1 aromatic heterocycles. The fourth-order valence-corrected chi connectivity index (χ4v) is 3.44. The van der Waals surface area contributed by atoms with Gasteiger partial charge in [0.15, 0.2) is 0 Å². The second-order valence-corrected chi connectivity index (χ2v) is 7.18. The fourth-order valence-electron chi connectivity index (χ4n) is 3.44. The van der Waals surface area contributed by atoms with Gasteiger partial charge in [-0.1, -0.05) is 36.4 Å². The maximum absolute atomic E-state index is 10.6. The Labute approximate surface area is 183 Å². The van der Waals surface area contributed by atoms with E-state index < -0.39 is 6.10 Å². The molecule has 0 aliphatic carbocycles. The van der Waals surface area contributed by atoms with Crippen molar-refractivity contribution in [3.63, 3.8) is 0 Å². The Bertz CT molecular complexity index is 952. The van der Waals surface area contributed by atoms with Crippen molar-refractivity contribution in [3.8, 4) is 11.5 Å². The van der Waals surface area contributed by atoms with Crippen LogP contribution in [0.5, 0.6) is 11.5 Å². The van der Waals surface area contributed by atoms with Crippen LogP contribution in [-0.4, -0.2) is 30.0 Å². The molecule has 0 fully saturated rings. The first-order valence-corrected chi connectivity index (χ1v) is 10.5. The van der Waals surface area contributed by atoms with Gasteiger partial charge in [0.2, 0.25) is 6.33 Å². The van der Waals surface area contributed by atoms with Gasteiger partial charge in [0.1, 0.15) is 49.2 Å². The summed E-state index contributed by atoms with van der Waals surface area (Å²) in [5.74, 6) is 1.60. The first-order chi connectivity index (χ1) is 15.1. The summed E-state index contributed by atoms with van der Waals surface area (Å²) in [7, 11) is 1.63. The number of aliphatic hydroxyl groups excluding tert-OH is 1. The topological polar surface area (TPSA) is 56.7 Å². The van der Waals surface area contributed by atoms with E-state index >= 15 is 0 Å². The highest BCUT2D eigenvalue weighted by Gasteiger charge is 2.21. The van der Waals surface area contributed by atoms with Crippen LogP contribution in [0.2, 0.25) is 0 Å². The molecule has 6 nitrogen and oxygen atoms in total. The number of methoxy groups -OCH3 is 1. The van der Waals surface area contributed by atoms with Crippen molar-refractivity contribution in [3.05, 3.63) is 91.0 Å². The number of benzene rings is 2. The van der Waals surface area contributed by atoms with Gasteiger partial charge in [0.05, 0.1) is 20.3 Å². The molecular formula is C25H31N2O4+. The Hall–Kier alpha value is -3.09. The first-order valence-electron chi connectivity index (χ1n) is 10.5. The number of aliphatic hydroxyl groups is 1. The molecule has 2 aromatic carbocycles. The van der Waals surface area contributed by atoms with Gasteiger partial charge in [0.25, 0.3) is 0 Å². The summed E-state index contributed by atoms with van der Waals surface area (Å²) in [6, 6.07) is 15.4. The zero-order chi connectivity index (χ0) is 22.1. The molecule has 0 radical (unpaired) electrons. The lowest BCUT2D eigenvalue weighted by molar-refractivity contribution is -0.704. The van der Waals surface area contributed by atoms with Crippen LogP contribution in [0.25, 0.3) is 0 Å². The largest absolute Gasteiger partial charge is 0.497 e. The van der Waals surface area contributed by atoms with E-state index in [-0.39, 0.29) is 6.10 Å². The van der Waals surface area contributed by atoms with Gasteiger partial charge in [-0.2, -0.15) is 0 Å². The lowest BCUT2D eigenvalue weighted by Crippen LogP contribution is -2.34. The number of nitrogens with zero attached hydrogens (tertiary/aromatic N) is 2. The molecule has 2 unspecified atom stereocenters. The molecule has 0 aliphatic heterocycles. The molecule has 0 aliphatic rings. The highest BCUT2D eigenvalue weighted by Crippen LogP contribution is 2.29. The van der Waals surface area contributed by atoms with Gasteiger partial charge in [-0.15, -0.1) is 6.58 Å². The van der Waals surface area contributed by atoms with Gasteiger partial charge in [-0.3, -0.25) is 0 Å². The smallest absolute Gasteiger partial charge is 0.243 e. The van der Waals surface area contributed by atoms with Crippen molar-refractivity contribution >= 4 is 0 Å². The van der Waals surface area contributed by atoms with Crippen LogP contribution in [0.15, 0.2) is 79.9 Å². The van der Waals surface area contributed by atoms with Crippen LogP contribution in [0.1, 0.15) is 30.3 Å². The monoisotopic (exact) mass is 423 g/mol. The van der Waals surface area contributed by atoms with Crippen LogP contribution >= 0.6 is 0 Å². The number of aromatic nitrogens is 2. The van der Waals surface area contributed by atoms with Crippen LogP contribution in [0.3, 0.4) is 0 Å². The molecule has 6 heteroatoms. The van der Waals surface area contributed by atoms with Crippen molar-refractivity contribution in [2.45, 2.75) is 32.2 Å². The maximum atomic E-state index is 10.6. The zero-order valence-electron chi connectivity index (χ0n) is 18.2. The predicted octanol–water partition coefficient (Wildman–Crippen LogP) is 3.86. The standard InChI is InChI=1S/C25H31N2O4/c1-4-16-31-25(22-8-6-7-9-24(22)30-5-2)18-27-15-14-26(19-27)17-23(28)20-10-12-21(29-3)13-11-20/h4,6-15,19,23,25,28H,1,5,16-18H2,2-3H3/q+1. The van der Waals surface area contributed by atoms with Crippen molar-refractivity contribution in [1.29, 1.82) is 0 Å². The molecular weight excluding hydrogens is 392 g/mol. The maximum Gasteiger partial charge on any atom is 0.243 e. The molecule has 31 heavy (non-hydrogen) atoms. The molecule has 1 N–H and O–H groups in total. The summed E-state index contributed by atoms with van der Waals surface area (Å²) in [6.45, 7) is 7.85. The number of imidazole rings is 1. The minimum absolute atomic E-state index is 0.187. The van der Waals surface area contributed by atoms with Crippen molar-refractivity contribution in [2.75, 3.05) is 20.3 Å². The van der Waals surface area contributed by atoms with E-state index in [2.05, 4.69) is 11.1 Å². The third kappa shape index (κ3) is 6.20. The minimum Gasteiger partial charge on any atom is -0.497 e. The van der Waals surface area contributed by atoms with E-state index in [1.165, 1.54) is 0 Å². The average molecular weight is 424 g/mol. The normalized spacial score (nSPS) is 12.9. The van der Waals surface area contributed by atoms with E-state index in [9.17, 15) is 5.11 Å². The summed E-state index contributed by atoms with van der Waals surface area (Å²) >= 11 is 0. The minimum atomic E-state index is -0.613. The highest BCUT2D eigenvalue weighted by molar-refractivity contribution is 5.35. The summed E-state index contributed by atoms with van der Waals surface area (Å²) < 4.78 is 21.1. The first kappa shape index (κ1) is 22.6. The Morgan fingerprint density at radius 1 is 1.16 bits per heavy atom. The fraction of sp³-hybridized carbons (Fsp3) is 0.320. The Balaban J connectivity index is 1.71. The predicted molar refractivity (Wildman–Crippen MR) is 119 cm³/mol.